The molecule has 1 aromatic rings. The zero-order valence-corrected chi connectivity index (χ0v) is 12.2. The van der Waals surface area contributed by atoms with Crippen molar-refractivity contribution in [1.29, 1.82) is 0 Å². The summed E-state index contributed by atoms with van der Waals surface area (Å²) in [7, 11) is 0. The highest BCUT2D eigenvalue weighted by Gasteiger charge is 2.39. The molecule has 1 amide bonds. The molecule has 1 fully saturated rings. The molecule has 3 heteroatoms. The molecular weight excluding hydrogens is 236 g/mol. The molecule has 19 heavy (non-hydrogen) atoms. The Kier molecular flexibility index (Phi) is 3.83. The van der Waals surface area contributed by atoms with E-state index >= 15 is 0 Å². The number of benzene rings is 1. The van der Waals surface area contributed by atoms with Gasteiger partial charge in [-0.1, -0.05) is 19.8 Å². The SMILES string of the molecule is CCC1(C(=O)Nc2cc(C)c(C)cc2N)CCCC1. The molecule has 0 aromatic heterocycles. The fourth-order valence-corrected chi connectivity index (χ4v) is 2.99. The Morgan fingerprint density at radius 1 is 1.26 bits per heavy atom. The van der Waals surface area contributed by atoms with Gasteiger partial charge in [0.2, 0.25) is 5.91 Å². The lowest BCUT2D eigenvalue weighted by Gasteiger charge is -2.26. The van der Waals surface area contributed by atoms with Gasteiger partial charge in [-0.05, 0) is 56.4 Å². The summed E-state index contributed by atoms with van der Waals surface area (Å²) in [5.74, 6) is 0.141. The topological polar surface area (TPSA) is 55.1 Å². The van der Waals surface area contributed by atoms with Gasteiger partial charge in [-0.2, -0.15) is 0 Å². The van der Waals surface area contributed by atoms with E-state index < -0.39 is 0 Å². The van der Waals surface area contributed by atoms with Crippen LogP contribution in [0.3, 0.4) is 0 Å². The molecule has 0 radical (unpaired) electrons. The predicted octanol–water partition coefficient (Wildman–Crippen LogP) is 3.79. The van der Waals surface area contributed by atoms with Crippen molar-refractivity contribution in [3.8, 4) is 0 Å². The van der Waals surface area contributed by atoms with Crippen LogP contribution in [-0.4, -0.2) is 5.91 Å². The van der Waals surface area contributed by atoms with E-state index in [1.807, 2.05) is 26.0 Å². The minimum Gasteiger partial charge on any atom is -0.397 e. The largest absolute Gasteiger partial charge is 0.397 e. The number of aryl methyl sites for hydroxylation is 2. The number of hydrogen-bond acceptors (Lipinski definition) is 2. The smallest absolute Gasteiger partial charge is 0.230 e. The summed E-state index contributed by atoms with van der Waals surface area (Å²) >= 11 is 0. The number of rotatable bonds is 3. The second kappa shape index (κ2) is 5.24. The van der Waals surface area contributed by atoms with E-state index in [-0.39, 0.29) is 11.3 Å². The minimum absolute atomic E-state index is 0.141. The summed E-state index contributed by atoms with van der Waals surface area (Å²) in [4.78, 5) is 12.5. The Bertz CT molecular complexity index is 488. The van der Waals surface area contributed by atoms with Gasteiger partial charge in [-0.15, -0.1) is 0 Å². The van der Waals surface area contributed by atoms with Crippen LogP contribution in [-0.2, 0) is 4.79 Å². The Morgan fingerprint density at radius 3 is 2.42 bits per heavy atom. The zero-order valence-electron chi connectivity index (χ0n) is 12.2. The normalized spacial score (nSPS) is 17.4. The van der Waals surface area contributed by atoms with Crippen molar-refractivity contribution >= 4 is 17.3 Å². The van der Waals surface area contributed by atoms with Crippen molar-refractivity contribution in [1.82, 2.24) is 0 Å². The molecular formula is C16H24N2O. The molecule has 1 aliphatic carbocycles. The van der Waals surface area contributed by atoms with Crippen molar-refractivity contribution < 1.29 is 4.79 Å². The molecule has 0 aliphatic heterocycles. The first-order chi connectivity index (χ1) is 8.98. The van der Waals surface area contributed by atoms with Crippen LogP contribution in [0.4, 0.5) is 11.4 Å². The highest BCUT2D eigenvalue weighted by molar-refractivity contribution is 5.98. The second-order valence-electron chi connectivity index (χ2n) is 5.82. The summed E-state index contributed by atoms with van der Waals surface area (Å²) in [5.41, 5.74) is 9.55. The molecule has 0 bridgehead atoms. The van der Waals surface area contributed by atoms with E-state index in [9.17, 15) is 4.79 Å². The number of anilines is 2. The number of carbonyl (C=O) groups excluding carboxylic acids is 1. The molecule has 104 valence electrons. The average Bonchev–Trinajstić information content (AvgIpc) is 2.86. The fraction of sp³-hybridized carbons (Fsp3) is 0.562. The van der Waals surface area contributed by atoms with Gasteiger partial charge in [0.05, 0.1) is 11.4 Å². The van der Waals surface area contributed by atoms with Crippen LogP contribution in [0, 0.1) is 19.3 Å². The maximum atomic E-state index is 12.5. The van der Waals surface area contributed by atoms with Gasteiger partial charge >= 0.3 is 0 Å². The fourth-order valence-electron chi connectivity index (χ4n) is 2.99. The highest BCUT2D eigenvalue weighted by Crippen LogP contribution is 2.42. The van der Waals surface area contributed by atoms with Gasteiger partial charge in [0, 0.05) is 5.41 Å². The first kappa shape index (κ1) is 13.9. The van der Waals surface area contributed by atoms with Crippen LogP contribution in [0.2, 0.25) is 0 Å². The highest BCUT2D eigenvalue weighted by atomic mass is 16.2. The molecule has 1 aliphatic rings. The molecule has 0 spiro atoms. The van der Waals surface area contributed by atoms with Crippen molar-refractivity contribution in [3.05, 3.63) is 23.3 Å². The third kappa shape index (κ3) is 2.60. The Balaban J connectivity index is 2.21. The average molecular weight is 260 g/mol. The Hall–Kier alpha value is -1.51. The standard InChI is InChI=1S/C16H24N2O/c1-4-16(7-5-6-8-16)15(19)18-14-10-12(3)11(2)9-13(14)17/h9-10H,4-8,17H2,1-3H3,(H,18,19). The summed E-state index contributed by atoms with van der Waals surface area (Å²) in [6.45, 7) is 6.17. The first-order valence-electron chi connectivity index (χ1n) is 7.17. The van der Waals surface area contributed by atoms with Crippen LogP contribution in [0.1, 0.15) is 50.2 Å². The minimum atomic E-state index is -0.175. The van der Waals surface area contributed by atoms with Crippen molar-refractivity contribution in [3.63, 3.8) is 0 Å². The van der Waals surface area contributed by atoms with E-state index in [0.29, 0.717) is 5.69 Å². The van der Waals surface area contributed by atoms with Gasteiger partial charge in [0.25, 0.3) is 0 Å². The van der Waals surface area contributed by atoms with Crippen molar-refractivity contribution in [2.45, 2.75) is 52.9 Å². The zero-order chi connectivity index (χ0) is 14.0. The Morgan fingerprint density at radius 2 is 1.84 bits per heavy atom. The van der Waals surface area contributed by atoms with E-state index in [2.05, 4.69) is 12.2 Å². The molecule has 0 heterocycles. The maximum absolute atomic E-state index is 12.5. The van der Waals surface area contributed by atoms with E-state index in [1.54, 1.807) is 0 Å². The molecule has 0 unspecified atom stereocenters. The number of nitrogens with one attached hydrogen (secondary N) is 1. The van der Waals surface area contributed by atoms with Crippen LogP contribution in [0.15, 0.2) is 12.1 Å². The lowest BCUT2D eigenvalue weighted by molar-refractivity contribution is -0.125. The van der Waals surface area contributed by atoms with Gasteiger partial charge in [-0.3, -0.25) is 4.79 Å². The second-order valence-corrected chi connectivity index (χ2v) is 5.82. The first-order valence-corrected chi connectivity index (χ1v) is 7.17. The molecule has 1 saturated carbocycles. The Labute approximate surface area is 115 Å². The van der Waals surface area contributed by atoms with E-state index in [4.69, 9.17) is 5.73 Å². The van der Waals surface area contributed by atoms with Crippen LogP contribution in [0.25, 0.3) is 0 Å². The summed E-state index contributed by atoms with van der Waals surface area (Å²) in [6.07, 6.45) is 5.22. The summed E-state index contributed by atoms with van der Waals surface area (Å²) in [6, 6.07) is 3.90. The van der Waals surface area contributed by atoms with Crippen LogP contribution < -0.4 is 11.1 Å². The van der Waals surface area contributed by atoms with Crippen LogP contribution in [0.5, 0.6) is 0 Å². The number of nitrogens with two attached hydrogens (primary N) is 1. The predicted molar refractivity (Wildman–Crippen MR) is 80.2 cm³/mol. The molecule has 3 nitrogen and oxygen atoms in total. The lowest BCUT2D eigenvalue weighted by Crippen LogP contribution is -2.33. The van der Waals surface area contributed by atoms with Gasteiger partial charge in [-0.25, -0.2) is 0 Å². The molecule has 1 aromatic carbocycles. The monoisotopic (exact) mass is 260 g/mol. The molecule has 3 N–H and O–H groups in total. The summed E-state index contributed by atoms with van der Waals surface area (Å²) in [5, 5.41) is 3.05. The molecule has 0 saturated heterocycles. The molecule has 0 atom stereocenters. The quantitative estimate of drug-likeness (QED) is 0.812. The maximum Gasteiger partial charge on any atom is 0.230 e. The van der Waals surface area contributed by atoms with E-state index in [1.165, 1.54) is 0 Å². The van der Waals surface area contributed by atoms with Gasteiger partial charge < -0.3 is 11.1 Å². The van der Waals surface area contributed by atoms with E-state index in [0.717, 1.165) is 48.9 Å². The van der Waals surface area contributed by atoms with Crippen molar-refractivity contribution in [2.24, 2.45) is 5.41 Å². The third-order valence-electron chi connectivity index (χ3n) is 4.63. The molecule has 2 rings (SSSR count). The lowest BCUT2D eigenvalue weighted by atomic mass is 9.82. The summed E-state index contributed by atoms with van der Waals surface area (Å²) < 4.78 is 0. The van der Waals surface area contributed by atoms with Gasteiger partial charge in [0.1, 0.15) is 0 Å². The number of amides is 1. The van der Waals surface area contributed by atoms with Crippen LogP contribution >= 0.6 is 0 Å². The van der Waals surface area contributed by atoms with Crippen molar-refractivity contribution in [2.75, 3.05) is 11.1 Å². The number of nitrogen functional groups attached to an aromatic ring is 1. The third-order valence-corrected chi connectivity index (χ3v) is 4.63. The number of carbonyl (C=O) groups is 1. The van der Waals surface area contributed by atoms with Gasteiger partial charge in [0.15, 0.2) is 0 Å². The number of hydrogen-bond donors (Lipinski definition) is 2.